The van der Waals surface area contributed by atoms with Crippen molar-refractivity contribution in [2.75, 3.05) is 0 Å². The number of aromatic amines is 1. The zero-order valence-electron chi connectivity index (χ0n) is 10.9. The van der Waals surface area contributed by atoms with Crippen LogP contribution in [0.3, 0.4) is 0 Å². The van der Waals surface area contributed by atoms with Crippen LogP contribution in [0.25, 0.3) is 0 Å². The summed E-state index contributed by atoms with van der Waals surface area (Å²) in [7, 11) is 0. The van der Waals surface area contributed by atoms with Crippen LogP contribution in [0, 0.1) is 13.8 Å². The minimum atomic E-state index is -0.203. The lowest BCUT2D eigenvalue weighted by Crippen LogP contribution is -2.29. The largest absolute Gasteiger partial charge is 0.361 e. The van der Waals surface area contributed by atoms with E-state index in [1.165, 1.54) is 4.90 Å². The molecule has 19 heavy (non-hydrogen) atoms. The fourth-order valence-electron chi connectivity index (χ4n) is 2.59. The molecule has 0 spiro atoms. The summed E-state index contributed by atoms with van der Waals surface area (Å²) in [5.41, 5.74) is 3.54. The molecule has 2 aromatic rings. The Morgan fingerprint density at radius 1 is 0.947 bits per heavy atom. The molecule has 1 aliphatic heterocycles. The Hall–Kier alpha value is -2.36. The SMILES string of the molecule is Cc1[nH]c(C)c2c1C(=O)N(Cc1ccccc1)C2=O. The molecule has 1 N–H and O–H groups in total. The molecule has 0 fully saturated rings. The number of carbonyl (C=O) groups excluding carboxylic acids is 2. The summed E-state index contributed by atoms with van der Waals surface area (Å²) in [6.07, 6.45) is 0. The first-order chi connectivity index (χ1) is 9.09. The lowest BCUT2D eigenvalue weighted by atomic mass is 10.1. The summed E-state index contributed by atoms with van der Waals surface area (Å²) in [6.45, 7) is 3.97. The molecule has 4 heteroatoms. The number of nitrogens with zero attached hydrogens (tertiary/aromatic N) is 1. The van der Waals surface area contributed by atoms with Crippen LogP contribution in [0.5, 0.6) is 0 Å². The predicted octanol–water partition coefficient (Wildman–Crippen LogP) is 2.43. The van der Waals surface area contributed by atoms with Crippen LogP contribution >= 0.6 is 0 Å². The van der Waals surface area contributed by atoms with Gasteiger partial charge in [0.15, 0.2) is 0 Å². The van der Waals surface area contributed by atoms with Gasteiger partial charge in [-0.3, -0.25) is 14.5 Å². The van der Waals surface area contributed by atoms with Gasteiger partial charge in [0.25, 0.3) is 11.8 Å². The van der Waals surface area contributed by atoms with Crippen molar-refractivity contribution in [1.29, 1.82) is 0 Å². The first kappa shape index (κ1) is 11.7. The lowest BCUT2D eigenvalue weighted by Gasteiger charge is -2.14. The van der Waals surface area contributed by atoms with E-state index < -0.39 is 0 Å². The van der Waals surface area contributed by atoms with E-state index in [4.69, 9.17) is 0 Å². The predicted molar refractivity (Wildman–Crippen MR) is 70.9 cm³/mol. The average Bonchev–Trinajstić information content (AvgIpc) is 2.82. The van der Waals surface area contributed by atoms with Crippen molar-refractivity contribution in [3.63, 3.8) is 0 Å². The first-order valence-corrected chi connectivity index (χ1v) is 6.19. The van der Waals surface area contributed by atoms with Crippen LogP contribution < -0.4 is 0 Å². The molecule has 0 aliphatic carbocycles. The van der Waals surface area contributed by atoms with Crippen LogP contribution in [0.4, 0.5) is 0 Å². The third kappa shape index (κ3) is 1.68. The number of hydrogen-bond donors (Lipinski definition) is 1. The fraction of sp³-hybridized carbons (Fsp3) is 0.200. The summed E-state index contributed by atoms with van der Waals surface area (Å²) < 4.78 is 0. The molecule has 0 unspecified atom stereocenters. The number of aryl methyl sites for hydroxylation is 2. The third-order valence-corrected chi connectivity index (χ3v) is 3.48. The van der Waals surface area contributed by atoms with Gasteiger partial charge < -0.3 is 4.98 Å². The first-order valence-electron chi connectivity index (χ1n) is 6.19. The molecule has 0 saturated carbocycles. The van der Waals surface area contributed by atoms with Crippen LogP contribution in [0.2, 0.25) is 0 Å². The van der Waals surface area contributed by atoms with Gasteiger partial charge in [-0.1, -0.05) is 30.3 Å². The molecule has 2 heterocycles. The van der Waals surface area contributed by atoms with E-state index in [1.54, 1.807) is 0 Å². The van der Waals surface area contributed by atoms with Crippen molar-refractivity contribution >= 4 is 11.8 Å². The number of rotatable bonds is 2. The monoisotopic (exact) mass is 254 g/mol. The maximum Gasteiger partial charge on any atom is 0.263 e. The molecule has 2 amide bonds. The Morgan fingerprint density at radius 3 is 2.00 bits per heavy atom. The fourth-order valence-corrected chi connectivity index (χ4v) is 2.59. The Labute approximate surface area is 111 Å². The van der Waals surface area contributed by atoms with Gasteiger partial charge in [0.05, 0.1) is 17.7 Å². The van der Waals surface area contributed by atoms with E-state index in [1.807, 2.05) is 44.2 Å². The molecule has 96 valence electrons. The second-order valence-corrected chi connectivity index (χ2v) is 4.81. The topological polar surface area (TPSA) is 53.2 Å². The standard InChI is InChI=1S/C15H14N2O2/c1-9-12-13(10(2)16-9)15(19)17(14(12)18)8-11-6-4-3-5-7-11/h3-7,16H,8H2,1-2H3. The molecule has 0 bridgehead atoms. The van der Waals surface area contributed by atoms with Crippen LogP contribution in [0.1, 0.15) is 37.7 Å². The van der Waals surface area contributed by atoms with Crippen molar-refractivity contribution in [2.45, 2.75) is 20.4 Å². The molecule has 4 nitrogen and oxygen atoms in total. The van der Waals surface area contributed by atoms with E-state index in [9.17, 15) is 9.59 Å². The molecule has 0 saturated heterocycles. The number of hydrogen-bond acceptors (Lipinski definition) is 2. The number of amides is 2. The van der Waals surface area contributed by atoms with Crippen molar-refractivity contribution < 1.29 is 9.59 Å². The van der Waals surface area contributed by atoms with Crippen molar-refractivity contribution in [3.8, 4) is 0 Å². The normalized spacial score (nSPS) is 14.1. The quantitative estimate of drug-likeness (QED) is 0.837. The second-order valence-electron chi connectivity index (χ2n) is 4.81. The Balaban J connectivity index is 1.97. The summed E-state index contributed by atoms with van der Waals surface area (Å²) in [6, 6.07) is 9.54. The third-order valence-electron chi connectivity index (χ3n) is 3.48. The van der Waals surface area contributed by atoms with Crippen LogP contribution in [-0.2, 0) is 6.54 Å². The van der Waals surface area contributed by atoms with Gasteiger partial charge in [0.2, 0.25) is 0 Å². The number of imide groups is 1. The molecule has 0 radical (unpaired) electrons. The number of fused-ring (bicyclic) bond motifs is 1. The van der Waals surface area contributed by atoms with E-state index in [0.717, 1.165) is 17.0 Å². The summed E-state index contributed by atoms with van der Waals surface area (Å²) in [4.78, 5) is 29.0. The van der Waals surface area contributed by atoms with Crippen molar-refractivity contribution in [3.05, 3.63) is 58.4 Å². The van der Waals surface area contributed by atoms with Gasteiger partial charge in [-0.05, 0) is 19.4 Å². The van der Waals surface area contributed by atoms with Crippen LogP contribution in [-0.4, -0.2) is 21.7 Å². The summed E-state index contributed by atoms with van der Waals surface area (Å²) in [5.74, 6) is -0.406. The van der Waals surface area contributed by atoms with Gasteiger partial charge in [-0.25, -0.2) is 0 Å². The smallest absolute Gasteiger partial charge is 0.263 e. The van der Waals surface area contributed by atoms with Gasteiger partial charge in [0.1, 0.15) is 0 Å². The highest BCUT2D eigenvalue weighted by Gasteiger charge is 2.39. The average molecular weight is 254 g/mol. The zero-order valence-corrected chi connectivity index (χ0v) is 10.9. The molecule has 3 rings (SSSR count). The molecule has 1 aromatic heterocycles. The number of aromatic nitrogens is 1. The van der Waals surface area contributed by atoms with Gasteiger partial charge in [0, 0.05) is 11.4 Å². The maximum atomic E-state index is 12.3. The van der Waals surface area contributed by atoms with E-state index in [-0.39, 0.29) is 11.8 Å². The highest BCUT2D eigenvalue weighted by Crippen LogP contribution is 2.29. The second kappa shape index (κ2) is 4.09. The Morgan fingerprint density at radius 2 is 1.47 bits per heavy atom. The highest BCUT2D eigenvalue weighted by atomic mass is 16.2. The zero-order chi connectivity index (χ0) is 13.6. The number of benzene rings is 1. The highest BCUT2D eigenvalue weighted by molar-refractivity contribution is 6.22. The number of H-pyrrole nitrogens is 1. The maximum absolute atomic E-state index is 12.3. The molecular formula is C15H14N2O2. The molecule has 1 aromatic carbocycles. The molecular weight excluding hydrogens is 240 g/mol. The minimum Gasteiger partial charge on any atom is -0.361 e. The number of carbonyl (C=O) groups is 2. The Bertz CT molecular complexity index is 634. The minimum absolute atomic E-state index is 0.203. The van der Waals surface area contributed by atoms with Gasteiger partial charge >= 0.3 is 0 Å². The Kier molecular flexibility index (Phi) is 2.52. The van der Waals surface area contributed by atoms with E-state index in [0.29, 0.717) is 17.7 Å². The van der Waals surface area contributed by atoms with Crippen LogP contribution in [0.15, 0.2) is 30.3 Å². The van der Waals surface area contributed by atoms with E-state index >= 15 is 0 Å². The molecule has 0 atom stereocenters. The van der Waals surface area contributed by atoms with Gasteiger partial charge in [-0.2, -0.15) is 0 Å². The van der Waals surface area contributed by atoms with E-state index in [2.05, 4.69) is 4.98 Å². The summed E-state index contributed by atoms with van der Waals surface area (Å²) in [5, 5.41) is 0. The van der Waals surface area contributed by atoms with Gasteiger partial charge in [-0.15, -0.1) is 0 Å². The number of nitrogens with one attached hydrogen (secondary N) is 1. The van der Waals surface area contributed by atoms with Crippen molar-refractivity contribution in [2.24, 2.45) is 0 Å². The lowest BCUT2D eigenvalue weighted by molar-refractivity contribution is 0.0641. The summed E-state index contributed by atoms with van der Waals surface area (Å²) >= 11 is 0. The molecule has 1 aliphatic rings. The van der Waals surface area contributed by atoms with Crippen molar-refractivity contribution in [1.82, 2.24) is 9.88 Å².